The summed E-state index contributed by atoms with van der Waals surface area (Å²) in [7, 11) is 0. The van der Waals surface area contributed by atoms with Crippen LogP contribution in [-0.4, -0.2) is 53.2 Å². The smallest absolute Gasteiger partial charge is 0.338 e. The number of benzene rings is 1. The molecule has 2 saturated carbocycles. The highest BCUT2D eigenvalue weighted by molar-refractivity contribution is 5.99. The van der Waals surface area contributed by atoms with E-state index in [0.29, 0.717) is 24.0 Å². The normalized spacial score (nSPS) is 35.8. The molecule has 1 aliphatic heterocycles. The van der Waals surface area contributed by atoms with Gasteiger partial charge in [0.1, 0.15) is 24.6 Å². The van der Waals surface area contributed by atoms with Gasteiger partial charge in [0.2, 0.25) is 0 Å². The molecule has 1 saturated heterocycles. The van der Waals surface area contributed by atoms with Gasteiger partial charge in [0.25, 0.3) is 0 Å². The molecule has 0 unspecified atom stereocenters. The Morgan fingerprint density at radius 1 is 0.900 bits per heavy atom. The molecule has 2 aliphatic carbocycles. The maximum absolute atomic E-state index is 14.3. The maximum atomic E-state index is 14.3. The molecule has 8 atom stereocenters. The number of ketones is 1. The second-order valence-corrected chi connectivity index (χ2v) is 12.1. The van der Waals surface area contributed by atoms with Gasteiger partial charge in [-0.2, -0.15) is 0 Å². The summed E-state index contributed by atoms with van der Waals surface area (Å²) in [6.07, 6.45) is 0.736. The van der Waals surface area contributed by atoms with Crippen molar-refractivity contribution in [3.8, 4) is 0 Å². The van der Waals surface area contributed by atoms with Crippen LogP contribution >= 0.6 is 0 Å². The Labute approximate surface area is 233 Å². The van der Waals surface area contributed by atoms with E-state index in [1.807, 2.05) is 27.7 Å². The first-order valence-electron chi connectivity index (χ1n) is 13.7. The number of hydrogen-bond acceptors (Lipinski definition) is 9. The van der Waals surface area contributed by atoms with Crippen molar-refractivity contribution in [2.24, 2.45) is 23.2 Å². The highest BCUT2D eigenvalue weighted by Crippen LogP contribution is 2.69. The van der Waals surface area contributed by atoms with Crippen molar-refractivity contribution >= 4 is 23.7 Å². The monoisotopic (exact) mass is 552 g/mol. The highest BCUT2D eigenvalue weighted by Gasteiger charge is 2.78. The third-order valence-electron chi connectivity index (χ3n) is 9.41. The van der Waals surface area contributed by atoms with E-state index in [1.54, 1.807) is 36.4 Å². The molecule has 214 valence electrons. The Balaban J connectivity index is 1.74. The molecule has 2 bridgehead atoms. The fraction of sp³-hybridized carbons (Fsp3) is 0.548. The van der Waals surface area contributed by atoms with E-state index in [1.165, 1.54) is 26.4 Å². The molecule has 0 N–H and O–H groups in total. The number of fused-ring (bicyclic) bond motifs is 1. The van der Waals surface area contributed by atoms with E-state index < -0.39 is 58.8 Å². The lowest BCUT2D eigenvalue weighted by Gasteiger charge is -2.62. The summed E-state index contributed by atoms with van der Waals surface area (Å²) in [6.45, 7) is 10.3. The molecule has 5 rings (SSSR count). The van der Waals surface area contributed by atoms with Crippen molar-refractivity contribution < 1.29 is 42.5 Å². The minimum Gasteiger partial charge on any atom is -0.472 e. The largest absolute Gasteiger partial charge is 0.472 e. The summed E-state index contributed by atoms with van der Waals surface area (Å²) in [4.78, 5) is 52.7. The van der Waals surface area contributed by atoms with Crippen LogP contribution in [-0.2, 0) is 28.5 Å². The molecule has 2 aromatic rings. The SMILES string of the molecule is CC(=O)O[C@H]1[C@@H](OC(=O)c2ccccc2)[C@]2(C)[C@@H](C(=O)c3ccoc3)[C@H](OC(C)=O)C[C@@H](C)[C@@]23C[C@@H]1C(C)(C)O3. The van der Waals surface area contributed by atoms with Gasteiger partial charge in [-0.15, -0.1) is 0 Å². The fourth-order valence-corrected chi connectivity index (χ4v) is 7.77. The van der Waals surface area contributed by atoms with Gasteiger partial charge in [0.05, 0.1) is 39.9 Å². The molecule has 1 aromatic heterocycles. The Hall–Kier alpha value is -3.46. The van der Waals surface area contributed by atoms with Crippen molar-refractivity contribution in [3.05, 3.63) is 60.1 Å². The molecule has 40 heavy (non-hydrogen) atoms. The summed E-state index contributed by atoms with van der Waals surface area (Å²) in [5.74, 6) is -3.53. The average Bonchev–Trinajstić information content (AvgIpc) is 3.50. The molecule has 0 radical (unpaired) electrons. The number of carbonyl (C=O) groups is 4. The number of rotatable bonds is 6. The van der Waals surface area contributed by atoms with Gasteiger partial charge in [-0.3, -0.25) is 14.4 Å². The van der Waals surface area contributed by atoms with Crippen molar-refractivity contribution in [1.29, 1.82) is 0 Å². The van der Waals surface area contributed by atoms with Crippen LogP contribution < -0.4 is 0 Å². The van der Waals surface area contributed by atoms with Crippen LogP contribution in [0.3, 0.4) is 0 Å². The number of Topliss-reactive ketones (excluding diaryl/α,β-unsaturated/α-hetero) is 1. The van der Waals surface area contributed by atoms with E-state index in [4.69, 9.17) is 23.4 Å². The number of carbonyl (C=O) groups excluding carboxylic acids is 4. The summed E-state index contributed by atoms with van der Waals surface area (Å²) in [5.41, 5.74) is -2.39. The van der Waals surface area contributed by atoms with Gasteiger partial charge in [0.15, 0.2) is 5.78 Å². The zero-order chi connectivity index (χ0) is 29.0. The lowest BCUT2D eigenvalue weighted by Crippen LogP contribution is -2.73. The van der Waals surface area contributed by atoms with Crippen LogP contribution in [0.1, 0.15) is 75.1 Å². The third-order valence-corrected chi connectivity index (χ3v) is 9.41. The average molecular weight is 553 g/mol. The summed E-state index contributed by atoms with van der Waals surface area (Å²) in [5, 5.41) is 0. The second-order valence-electron chi connectivity index (χ2n) is 12.1. The first-order valence-corrected chi connectivity index (χ1v) is 13.7. The standard InChI is InChI=1S/C31H36O9/c1-17-14-23(37-18(2)32)24(25(34)21-12-13-36-16-21)30(6)27(39-28(35)20-10-8-7-9-11-20)26(38-19(3)33)22-15-31(17,30)40-29(22,4)5/h7-13,16-17,22-24,26-27H,14-15H2,1-6H3/t17-,22+,23-,24-,26-,27-,30+,31+/m1/s1. The van der Waals surface area contributed by atoms with Gasteiger partial charge in [-0.1, -0.05) is 32.0 Å². The fourth-order valence-electron chi connectivity index (χ4n) is 7.77. The lowest BCUT2D eigenvalue weighted by atomic mass is 9.45. The number of ether oxygens (including phenoxy) is 4. The van der Waals surface area contributed by atoms with Crippen LogP contribution in [0.5, 0.6) is 0 Å². The molecule has 1 spiro atoms. The minimum absolute atomic E-state index is 0.198. The van der Waals surface area contributed by atoms with Crippen molar-refractivity contribution in [1.82, 2.24) is 0 Å². The summed E-state index contributed by atoms with van der Waals surface area (Å²) < 4.78 is 30.3. The molecule has 3 fully saturated rings. The van der Waals surface area contributed by atoms with Gasteiger partial charge in [0, 0.05) is 19.8 Å². The number of hydrogen-bond donors (Lipinski definition) is 0. The van der Waals surface area contributed by atoms with E-state index in [0.717, 1.165) is 0 Å². The summed E-state index contributed by atoms with van der Waals surface area (Å²) >= 11 is 0. The van der Waals surface area contributed by atoms with E-state index in [-0.39, 0.29) is 17.6 Å². The van der Waals surface area contributed by atoms with E-state index >= 15 is 0 Å². The zero-order valence-corrected chi connectivity index (χ0v) is 23.7. The molecular weight excluding hydrogens is 516 g/mol. The molecule has 1 aromatic carbocycles. The molecule has 9 nitrogen and oxygen atoms in total. The predicted molar refractivity (Wildman–Crippen MR) is 141 cm³/mol. The van der Waals surface area contributed by atoms with Crippen molar-refractivity contribution in [3.63, 3.8) is 0 Å². The Bertz CT molecular complexity index is 1300. The van der Waals surface area contributed by atoms with Crippen LogP contribution in [0.4, 0.5) is 0 Å². The van der Waals surface area contributed by atoms with Gasteiger partial charge in [-0.05, 0) is 50.8 Å². The van der Waals surface area contributed by atoms with Crippen LogP contribution in [0.2, 0.25) is 0 Å². The quantitative estimate of drug-likeness (QED) is 0.283. The third kappa shape index (κ3) is 4.26. The molecule has 3 aliphatic rings. The van der Waals surface area contributed by atoms with Gasteiger partial charge < -0.3 is 23.4 Å². The Kier molecular flexibility index (Phi) is 6.93. The topological polar surface area (TPSA) is 118 Å². The predicted octanol–water partition coefficient (Wildman–Crippen LogP) is 4.78. The van der Waals surface area contributed by atoms with Crippen LogP contribution in [0.15, 0.2) is 53.3 Å². The van der Waals surface area contributed by atoms with Crippen LogP contribution in [0.25, 0.3) is 0 Å². The summed E-state index contributed by atoms with van der Waals surface area (Å²) in [6, 6.07) is 10.1. The van der Waals surface area contributed by atoms with Crippen LogP contribution in [0, 0.1) is 23.2 Å². The second kappa shape index (κ2) is 9.87. The Morgan fingerprint density at radius 3 is 2.17 bits per heavy atom. The molecule has 2 heterocycles. The first kappa shape index (κ1) is 28.1. The lowest BCUT2D eigenvalue weighted by molar-refractivity contribution is -0.265. The molecule has 0 amide bonds. The zero-order valence-electron chi connectivity index (χ0n) is 23.7. The van der Waals surface area contributed by atoms with Gasteiger partial charge in [-0.25, -0.2) is 4.79 Å². The Morgan fingerprint density at radius 2 is 1.57 bits per heavy atom. The maximum Gasteiger partial charge on any atom is 0.338 e. The molecular formula is C31H36O9. The van der Waals surface area contributed by atoms with Crippen molar-refractivity contribution in [2.75, 3.05) is 0 Å². The number of esters is 3. The highest BCUT2D eigenvalue weighted by atomic mass is 16.6. The van der Waals surface area contributed by atoms with E-state index in [9.17, 15) is 19.2 Å². The van der Waals surface area contributed by atoms with Crippen molar-refractivity contribution in [2.45, 2.75) is 83.9 Å². The minimum atomic E-state index is -1.27. The van der Waals surface area contributed by atoms with Gasteiger partial charge >= 0.3 is 17.9 Å². The van der Waals surface area contributed by atoms with E-state index in [2.05, 4.69) is 0 Å². The number of furan rings is 1. The molecule has 9 heteroatoms. The first-order chi connectivity index (χ1) is 18.8.